The Hall–Kier alpha value is -1.32. The van der Waals surface area contributed by atoms with Gasteiger partial charge in [-0.2, -0.15) is 0 Å². The van der Waals surface area contributed by atoms with Gasteiger partial charge in [-0.25, -0.2) is 9.97 Å². The summed E-state index contributed by atoms with van der Waals surface area (Å²) in [6.45, 7) is 2.31. The van der Waals surface area contributed by atoms with Crippen molar-refractivity contribution in [3.8, 4) is 5.88 Å². The number of nitrogens with zero attached hydrogens (tertiary/aromatic N) is 2. The number of rotatable bonds is 3. The van der Waals surface area contributed by atoms with E-state index < -0.39 is 0 Å². The fourth-order valence-electron chi connectivity index (χ4n) is 2.06. The average molecular weight is 221 g/mol. The Morgan fingerprint density at radius 1 is 1.25 bits per heavy atom. The van der Waals surface area contributed by atoms with Gasteiger partial charge in [0.05, 0.1) is 0 Å². The molecule has 0 saturated heterocycles. The highest BCUT2D eigenvalue weighted by Gasteiger charge is 2.19. The summed E-state index contributed by atoms with van der Waals surface area (Å²) in [5.41, 5.74) is 0. The van der Waals surface area contributed by atoms with Crippen molar-refractivity contribution in [3.63, 3.8) is 0 Å². The topological polar surface area (TPSA) is 47.0 Å². The Kier molecular flexibility index (Phi) is 3.59. The molecule has 1 heterocycles. The van der Waals surface area contributed by atoms with E-state index in [1.165, 1.54) is 19.2 Å². The van der Waals surface area contributed by atoms with Crippen LogP contribution in [0.15, 0.2) is 12.4 Å². The van der Waals surface area contributed by atoms with E-state index in [1.807, 2.05) is 13.1 Å². The number of hydrogen-bond donors (Lipinski definition) is 1. The highest BCUT2D eigenvalue weighted by Crippen LogP contribution is 2.26. The standard InChI is InChI=1S/C12H19N3O/c1-9-3-5-10(6-4-9)16-12-7-11(13-2)14-8-15-12/h7-10H,3-6H2,1-2H3,(H,13,14,15). The van der Waals surface area contributed by atoms with Gasteiger partial charge >= 0.3 is 0 Å². The van der Waals surface area contributed by atoms with Crippen molar-refractivity contribution in [2.75, 3.05) is 12.4 Å². The van der Waals surface area contributed by atoms with Crippen molar-refractivity contribution >= 4 is 5.82 Å². The second-order valence-electron chi connectivity index (χ2n) is 4.49. The summed E-state index contributed by atoms with van der Waals surface area (Å²) in [4.78, 5) is 8.19. The molecule has 1 aromatic heterocycles. The first-order chi connectivity index (χ1) is 7.78. The predicted octanol–water partition coefficient (Wildman–Crippen LogP) is 2.48. The molecule has 0 amide bonds. The lowest BCUT2D eigenvalue weighted by atomic mass is 9.89. The maximum absolute atomic E-state index is 5.86. The van der Waals surface area contributed by atoms with Crippen LogP contribution in [-0.4, -0.2) is 23.1 Å². The third-order valence-corrected chi connectivity index (χ3v) is 3.15. The normalized spacial score (nSPS) is 25.1. The zero-order valence-corrected chi connectivity index (χ0v) is 9.94. The van der Waals surface area contributed by atoms with E-state index in [2.05, 4.69) is 22.2 Å². The van der Waals surface area contributed by atoms with Crippen LogP contribution in [0.5, 0.6) is 5.88 Å². The van der Waals surface area contributed by atoms with Gasteiger partial charge < -0.3 is 10.1 Å². The van der Waals surface area contributed by atoms with Crippen molar-refractivity contribution in [3.05, 3.63) is 12.4 Å². The van der Waals surface area contributed by atoms with E-state index in [1.54, 1.807) is 0 Å². The quantitative estimate of drug-likeness (QED) is 0.851. The summed E-state index contributed by atoms with van der Waals surface area (Å²) in [6.07, 6.45) is 6.66. The van der Waals surface area contributed by atoms with Crippen LogP contribution in [0.3, 0.4) is 0 Å². The molecular weight excluding hydrogens is 202 g/mol. The van der Waals surface area contributed by atoms with Crippen LogP contribution < -0.4 is 10.1 Å². The average Bonchev–Trinajstić information content (AvgIpc) is 2.32. The molecule has 0 unspecified atom stereocenters. The Labute approximate surface area is 96.4 Å². The molecule has 4 nitrogen and oxygen atoms in total. The zero-order chi connectivity index (χ0) is 11.4. The van der Waals surface area contributed by atoms with Gasteiger partial charge in [0.2, 0.25) is 5.88 Å². The van der Waals surface area contributed by atoms with Gasteiger partial charge in [0, 0.05) is 13.1 Å². The van der Waals surface area contributed by atoms with E-state index in [9.17, 15) is 0 Å². The first-order valence-corrected chi connectivity index (χ1v) is 5.94. The number of hydrogen-bond acceptors (Lipinski definition) is 4. The molecule has 16 heavy (non-hydrogen) atoms. The molecule has 4 heteroatoms. The van der Waals surface area contributed by atoms with E-state index >= 15 is 0 Å². The van der Waals surface area contributed by atoms with E-state index in [0.717, 1.165) is 24.6 Å². The number of nitrogens with one attached hydrogen (secondary N) is 1. The number of anilines is 1. The Morgan fingerprint density at radius 2 is 2.00 bits per heavy atom. The smallest absolute Gasteiger partial charge is 0.218 e. The lowest BCUT2D eigenvalue weighted by molar-refractivity contribution is 0.130. The second-order valence-corrected chi connectivity index (χ2v) is 4.49. The summed E-state index contributed by atoms with van der Waals surface area (Å²) in [5.74, 6) is 2.33. The van der Waals surface area contributed by atoms with Crippen molar-refractivity contribution in [1.82, 2.24) is 9.97 Å². The molecule has 0 aromatic carbocycles. The summed E-state index contributed by atoms with van der Waals surface area (Å²) < 4.78 is 5.86. The summed E-state index contributed by atoms with van der Waals surface area (Å²) >= 11 is 0. The molecule has 1 N–H and O–H groups in total. The zero-order valence-electron chi connectivity index (χ0n) is 9.94. The lowest BCUT2D eigenvalue weighted by Gasteiger charge is -2.26. The molecule has 1 aliphatic carbocycles. The van der Waals surface area contributed by atoms with Gasteiger partial charge in [-0.3, -0.25) is 0 Å². The maximum atomic E-state index is 5.86. The van der Waals surface area contributed by atoms with Crippen molar-refractivity contribution in [2.45, 2.75) is 38.7 Å². The van der Waals surface area contributed by atoms with E-state index in [4.69, 9.17) is 4.74 Å². The number of ether oxygens (including phenoxy) is 1. The molecule has 0 radical (unpaired) electrons. The molecule has 1 aliphatic rings. The first kappa shape index (κ1) is 11.2. The van der Waals surface area contributed by atoms with Gasteiger partial charge in [-0.1, -0.05) is 6.92 Å². The third kappa shape index (κ3) is 2.84. The van der Waals surface area contributed by atoms with Crippen molar-refractivity contribution in [2.24, 2.45) is 5.92 Å². The second kappa shape index (κ2) is 5.14. The molecule has 1 aromatic rings. The number of aromatic nitrogens is 2. The molecule has 2 rings (SSSR count). The lowest BCUT2D eigenvalue weighted by Crippen LogP contribution is -2.23. The molecule has 0 spiro atoms. The minimum Gasteiger partial charge on any atom is -0.474 e. The monoisotopic (exact) mass is 221 g/mol. The van der Waals surface area contributed by atoms with Crippen molar-refractivity contribution in [1.29, 1.82) is 0 Å². The van der Waals surface area contributed by atoms with Gasteiger partial charge in [-0.15, -0.1) is 0 Å². The molecule has 0 aliphatic heterocycles. The minimum atomic E-state index is 0.329. The Morgan fingerprint density at radius 3 is 2.69 bits per heavy atom. The molecule has 0 bridgehead atoms. The molecule has 1 saturated carbocycles. The highest BCUT2D eigenvalue weighted by molar-refractivity contribution is 5.36. The van der Waals surface area contributed by atoms with Crippen molar-refractivity contribution < 1.29 is 4.74 Å². The Bertz CT molecular complexity index is 335. The van der Waals surface area contributed by atoms with Crippen LogP contribution in [0.2, 0.25) is 0 Å². The van der Waals surface area contributed by atoms with Crippen LogP contribution in [0, 0.1) is 5.92 Å². The van der Waals surface area contributed by atoms with E-state index in [0.29, 0.717) is 12.0 Å². The predicted molar refractivity (Wildman–Crippen MR) is 63.6 cm³/mol. The fraction of sp³-hybridized carbons (Fsp3) is 0.667. The fourth-order valence-corrected chi connectivity index (χ4v) is 2.06. The summed E-state index contributed by atoms with van der Waals surface area (Å²) in [6, 6.07) is 1.85. The summed E-state index contributed by atoms with van der Waals surface area (Å²) in [5, 5.41) is 2.98. The molecule has 0 atom stereocenters. The van der Waals surface area contributed by atoms with Gasteiger partial charge in [0.25, 0.3) is 0 Å². The van der Waals surface area contributed by atoms with Gasteiger partial charge in [-0.05, 0) is 31.6 Å². The highest BCUT2D eigenvalue weighted by atomic mass is 16.5. The molecule has 1 fully saturated rings. The molecule has 88 valence electrons. The van der Waals surface area contributed by atoms with Crippen LogP contribution in [-0.2, 0) is 0 Å². The van der Waals surface area contributed by atoms with Gasteiger partial charge in [0.1, 0.15) is 18.2 Å². The van der Waals surface area contributed by atoms with Crippen LogP contribution in [0.25, 0.3) is 0 Å². The van der Waals surface area contributed by atoms with E-state index in [-0.39, 0.29) is 0 Å². The largest absolute Gasteiger partial charge is 0.474 e. The SMILES string of the molecule is CNc1cc(OC2CCC(C)CC2)ncn1. The van der Waals surface area contributed by atoms with Crippen LogP contribution >= 0.6 is 0 Å². The van der Waals surface area contributed by atoms with Crippen LogP contribution in [0.1, 0.15) is 32.6 Å². The third-order valence-electron chi connectivity index (χ3n) is 3.15. The molecular formula is C12H19N3O. The maximum Gasteiger partial charge on any atom is 0.218 e. The Balaban J connectivity index is 1.93. The first-order valence-electron chi connectivity index (χ1n) is 5.94. The van der Waals surface area contributed by atoms with Crippen LogP contribution in [0.4, 0.5) is 5.82 Å². The minimum absolute atomic E-state index is 0.329. The summed E-state index contributed by atoms with van der Waals surface area (Å²) in [7, 11) is 1.84. The van der Waals surface area contributed by atoms with Gasteiger partial charge in [0.15, 0.2) is 0 Å².